The van der Waals surface area contributed by atoms with Gasteiger partial charge in [-0.1, -0.05) is 6.07 Å². The molecule has 0 unspecified atom stereocenters. The predicted octanol–water partition coefficient (Wildman–Crippen LogP) is 3.56. The van der Waals surface area contributed by atoms with E-state index in [0.29, 0.717) is 29.8 Å². The molecular weight excluding hydrogens is 452 g/mol. The highest BCUT2D eigenvalue weighted by atomic mass is 32.2. The second kappa shape index (κ2) is 9.38. The Morgan fingerprint density at radius 1 is 1.18 bits per heavy atom. The third kappa shape index (κ3) is 4.33. The molecule has 1 aromatic carbocycles. The van der Waals surface area contributed by atoms with Crippen LogP contribution in [0.3, 0.4) is 0 Å². The summed E-state index contributed by atoms with van der Waals surface area (Å²) in [4.78, 5) is 19.1. The number of amides is 1. The van der Waals surface area contributed by atoms with Crippen molar-refractivity contribution in [2.24, 2.45) is 10.1 Å². The maximum atomic E-state index is 12.8. The summed E-state index contributed by atoms with van der Waals surface area (Å²) in [5.74, 6) is 1.01. The maximum Gasteiger partial charge on any atom is 0.283 e. The van der Waals surface area contributed by atoms with Gasteiger partial charge in [0.25, 0.3) is 5.91 Å². The summed E-state index contributed by atoms with van der Waals surface area (Å²) in [7, 11) is 1.62. The molecule has 3 aliphatic rings. The second-order valence-electron chi connectivity index (χ2n) is 8.23. The highest BCUT2D eigenvalue weighted by Crippen LogP contribution is 2.31. The number of fused-ring (bicyclic) bond motifs is 1. The molecule has 0 bridgehead atoms. The zero-order valence-electron chi connectivity index (χ0n) is 19.2. The summed E-state index contributed by atoms with van der Waals surface area (Å²) < 4.78 is 13.3. The number of methoxy groups -OCH3 is 1. The van der Waals surface area contributed by atoms with Crippen LogP contribution in [-0.2, 0) is 11.3 Å². The van der Waals surface area contributed by atoms with Crippen LogP contribution in [-0.4, -0.2) is 63.4 Å². The Hall–Kier alpha value is -3.53. The maximum absolute atomic E-state index is 12.8. The molecular formula is C24H26N6O3S. The number of carbonyl (C=O) groups is 1. The van der Waals surface area contributed by atoms with E-state index in [-0.39, 0.29) is 11.4 Å². The van der Waals surface area contributed by atoms with E-state index in [1.54, 1.807) is 13.2 Å². The van der Waals surface area contributed by atoms with Crippen LogP contribution < -0.4 is 9.47 Å². The number of amidine groups is 3. The minimum atomic E-state index is -0.421. The topological polar surface area (TPSA) is 95.5 Å². The van der Waals surface area contributed by atoms with Gasteiger partial charge in [0.1, 0.15) is 6.61 Å². The molecule has 176 valence electrons. The van der Waals surface area contributed by atoms with Crippen LogP contribution in [0.4, 0.5) is 0 Å². The fraction of sp³-hybridized carbons (Fsp3) is 0.333. The van der Waals surface area contributed by atoms with Gasteiger partial charge in [-0.25, -0.2) is 0 Å². The van der Waals surface area contributed by atoms with Gasteiger partial charge in [0.05, 0.1) is 19.2 Å². The number of aromatic nitrogens is 1. The summed E-state index contributed by atoms with van der Waals surface area (Å²) in [5.41, 5.74) is 2.11. The molecule has 1 amide bonds. The minimum Gasteiger partial charge on any atom is -0.493 e. The summed E-state index contributed by atoms with van der Waals surface area (Å²) in [6.07, 6.45) is 5.88. The average molecular weight is 479 g/mol. The SMILES string of the molecule is COc1cc(C)ccc1OCCn1cccc1/C=C1\C(=N)N2N=C(N3CCCC3)SC2=NC1=O. The molecule has 0 saturated carbocycles. The first-order chi connectivity index (χ1) is 16.5. The van der Waals surface area contributed by atoms with Gasteiger partial charge >= 0.3 is 0 Å². The first-order valence-corrected chi connectivity index (χ1v) is 12.0. The lowest BCUT2D eigenvalue weighted by atomic mass is 10.1. The number of aliphatic imine (C=N–C) groups is 1. The number of hydrogen-bond donors (Lipinski definition) is 1. The molecule has 4 heterocycles. The molecule has 0 aliphatic carbocycles. The number of nitrogens with one attached hydrogen (secondary N) is 1. The average Bonchev–Trinajstić information content (AvgIpc) is 3.58. The molecule has 2 aromatic rings. The molecule has 1 N–H and O–H groups in total. The molecule has 10 heteroatoms. The van der Waals surface area contributed by atoms with Crippen molar-refractivity contribution in [2.45, 2.75) is 26.3 Å². The zero-order valence-corrected chi connectivity index (χ0v) is 20.0. The zero-order chi connectivity index (χ0) is 23.7. The van der Waals surface area contributed by atoms with Crippen LogP contribution in [0.1, 0.15) is 24.1 Å². The van der Waals surface area contributed by atoms with Gasteiger partial charge in [-0.05, 0) is 67.4 Å². The van der Waals surface area contributed by atoms with E-state index < -0.39 is 5.91 Å². The number of nitrogens with zero attached hydrogens (tertiary/aromatic N) is 5. The molecule has 0 radical (unpaired) electrons. The second-order valence-corrected chi connectivity index (χ2v) is 9.16. The predicted molar refractivity (Wildman–Crippen MR) is 133 cm³/mol. The fourth-order valence-corrected chi connectivity index (χ4v) is 5.02. The number of hydrogen-bond acceptors (Lipinski definition) is 7. The van der Waals surface area contributed by atoms with Gasteiger partial charge in [-0.2, -0.15) is 10.0 Å². The van der Waals surface area contributed by atoms with Crippen molar-refractivity contribution >= 4 is 39.9 Å². The van der Waals surface area contributed by atoms with Crippen LogP contribution in [0.15, 0.2) is 52.2 Å². The molecule has 1 fully saturated rings. The van der Waals surface area contributed by atoms with Gasteiger partial charge in [-0.15, -0.1) is 5.10 Å². The van der Waals surface area contributed by atoms with Crippen LogP contribution in [0, 0.1) is 12.3 Å². The molecule has 3 aliphatic heterocycles. The van der Waals surface area contributed by atoms with Crippen LogP contribution in [0.5, 0.6) is 11.5 Å². The molecule has 9 nitrogen and oxygen atoms in total. The number of aryl methyl sites for hydroxylation is 1. The van der Waals surface area contributed by atoms with Crippen molar-refractivity contribution in [3.05, 3.63) is 53.4 Å². The Labute approximate surface area is 202 Å². The number of likely N-dealkylation sites (tertiary alicyclic amines) is 1. The Bertz CT molecular complexity index is 1230. The van der Waals surface area contributed by atoms with E-state index >= 15 is 0 Å². The number of hydrazone groups is 1. The lowest BCUT2D eigenvalue weighted by Crippen LogP contribution is -2.35. The monoisotopic (exact) mass is 478 g/mol. The van der Waals surface area contributed by atoms with Crippen LogP contribution >= 0.6 is 11.8 Å². The first kappa shape index (κ1) is 22.3. The van der Waals surface area contributed by atoms with Crippen molar-refractivity contribution in [1.82, 2.24) is 14.5 Å². The summed E-state index contributed by atoms with van der Waals surface area (Å²) in [6, 6.07) is 9.61. The van der Waals surface area contributed by atoms with E-state index in [2.05, 4.69) is 15.0 Å². The third-order valence-corrected chi connectivity index (χ3v) is 6.86. The molecule has 1 aromatic heterocycles. The minimum absolute atomic E-state index is 0.0464. The van der Waals surface area contributed by atoms with Crippen molar-refractivity contribution in [2.75, 3.05) is 26.8 Å². The number of benzene rings is 1. The first-order valence-electron chi connectivity index (χ1n) is 11.2. The third-order valence-electron chi connectivity index (χ3n) is 5.89. The van der Waals surface area contributed by atoms with E-state index in [4.69, 9.17) is 14.9 Å². The molecule has 0 atom stereocenters. The van der Waals surface area contributed by atoms with Crippen molar-refractivity contribution in [3.63, 3.8) is 0 Å². The summed E-state index contributed by atoms with van der Waals surface area (Å²) in [5, 5.41) is 15.9. The summed E-state index contributed by atoms with van der Waals surface area (Å²) in [6.45, 7) is 4.88. The van der Waals surface area contributed by atoms with Crippen molar-refractivity contribution < 1.29 is 14.3 Å². The van der Waals surface area contributed by atoms with Crippen LogP contribution in [0.2, 0.25) is 0 Å². The fourth-order valence-electron chi connectivity index (χ4n) is 4.08. The highest BCUT2D eigenvalue weighted by Gasteiger charge is 2.37. The van der Waals surface area contributed by atoms with Gasteiger partial charge in [0.15, 0.2) is 22.5 Å². The smallest absolute Gasteiger partial charge is 0.283 e. The molecule has 1 saturated heterocycles. The van der Waals surface area contributed by atoms with Gasteiger partial charge in [0, 0.05) is 25.0 Å². The Kier molecular flexibility index (Phi) is 6.14. The molecule has 0 spiro atoms. The quantitative estimate of drug-likeness (QED) is 0.638. The number of ether oxygens (including phenoxy) is 2. The van der Waals surface area contributed by atoms with E-state index in [9.17, 15) is 4.79 Å². The number of thioether (sulfide) groups is 1. The normalized spacial score (nSPS) is 18.9. The van der Waals surface area contributed by atoms with E-state index in [1.807, 2.05) is 48.0 Å². The van der Waals surface area contributed by atoms with Crippen molar-refractivity contribution in [1.29, 1.82) is 5.41 Å². The molecule has 34 heavy (non-hydrogen) atoms. The number of rotatable bonds is 6. The Balaban J connectivity index is 1.30. The Morgan fingerprint density at radius 2 is 2.00 bits per heavy atom. The van der Waals surface area contributed by atoms with E-state index in [0.717, 1.165) is 42.4 Å². The molecule has 5 rings (SSSR count). The lowest BCUT2D eigenvalue weighted by molar-refractivity contribution is -0.114. The number of carbonyl (C=O) groups excluding carboxylic acids is 1. The van der Waals surface area contributed by atoms with Gasteiger partial charge < -0.3 is 18.9 Å². The van der Waals surface area contributed by atoms with Gasteiger partial charge in [-0.3, -0.25) is 10.2 Å². The standard InChI is InChI=1S/C24H26N6O3S/c1-16-7-8-19(20(14-16)32-2)33-13-12-28-11-5-6-17(28)15-18-21(25)30-23(26-22(18)31)34-24(27-30)29-9-3-4-10-29/h5-8,11,14-15,25H,3-4,9-10,12-13H2,1-2H3/b18-15+,25-21?. The largest absolute Gasteiger partial charge is 0.493 e. The van der Waals surface area contributed by atoms with Crippen molar-refractivity contribution in [3.8, 4) is 11.5 Å². The van der Waals surface area contributed by atoms with Gasteiger partial charge in [0.2, 0.25) is 5.17 Å². The lowest BCUT2D eigenvalue weighted by Gasteiger charge is -2.20. The van der Waals surface area contributed by atoms with E-state index in [1.165, 1.54) is 16.8 Å². The van der Waals surface area contributed by atoms with Crippen LogP contribution in [0.25, 0.3) is 6.08 Å². The summed E-state index contributed by atoms with van der Waals surface area (Å²) >= 11 is 1.36. The highest BCUT2D eigenvalue weighted by molar-refractivity contribution is 8.26. The Morgan fingerprint density at radius 3 is 2.79 bits per heavy atom.